The Labute approximate surface area is 87.2 Å². The van der Waals surface area contributed by atoms with Gasteiger partial charge in [0.1, 0.15) is 0 Å². The van der Waals surface area contributed by atoms with Crippen LogP contribution in [-0.2, 0) is 0 Å². The van der Waals surface area contributed by atoms with Gasteiger partial charge in [0.25, 0.3) is 0 Å². The monoisotopic (exact) mass is 195 g/mol. The minimum Gasteiger partial charge on any atom is -0.370 e. The maximum absolute atomic E-state index is 5.67. The normalized spacial score (nSPS) is 13.8. The van der Waals surface area contributed by atoms with Crippen molar-refractivity contribution in [3.63, 3.8) is 0 Å². The van der Waals surface area contributed by atoms with Gasteiger partial charge in [-0.3, -0.25) is 4.99 Å². The molecule has 0 aromatic carbocycles. The highest BCUT2D eigenvalue weighted by molar-refractivity contribution is 5.78. The molecule has 3 heteroatoms. The van der Waals surface area contributed by atoms with Gasteiger partial charge in [0.15, 0.2) is 5.96 Å². The van der Waals surface area contributed by atoms with E-state index in [1.807, 2.05) is 0 Å². The third-order valence-electron chi connectivity index (χ3n) is 1.73. The van der Waals surface area contributed by atoms with Crippen LogP contribution in [0.5, 0.6) is 0 Å². The highest BCUT2D eigenvalue weighted by atomic mass is 15.1. The fourth-order valence-corrected chi connectivity index (χ4v) is 0.991. The summed E-state index contributed by atoms with van der Waals surface area (Å²) >= 11 is 0. The van der Waals surface area contributed by atoms with Crippen LogP contribution in [0, 0.1) is 18.3 Å². The zero-order chi connectivity index (χ0) is 11.0. The van der Waals surface area contributed by atoms with Gasteiger partial charge in [0.05, 0.1) is 6.04 Å². The summed E-state index contributed by atoms with van der Waals surface area (Å²) in [6, 6.07) is 0.0101. The van der Waals surface area contributed by atoms with E-state index in [2.05, 4.69) is 37.0 Å². The van der Waals surface area contributed by atoms with Gasteiger partial charge in [-0.2, -0.15) is 0 Å². The Morgan fingerprint density at radius 1 is 1.57 bits per heavy atom. The Bertz CT molecular complexity index is 213. The van der Waals surface area contributed by atoms with E-state index in [0.717, 1.165) is 19.4 Å². The van der Waals surface area contributed by atoms with Crippen molar-refractivity contribution < 1.29 is 0 Å². The van der Waals surface area contributed by atoms with Gasteiger partial charge in [-0.1, -0.05) is 33.1 Å². The lowest BCUT2D eigenvalue weighted by Crippen LogP contribution is -2.39. The summed E-state index contributed by atoms with van der Waals surface area (Å²) in [6.45, 7) is 7.03. The molecule has 1 unspecified atom stereocenters. The third kappa shape index (κ3) is 6.36. The Balaban J connectivity index is 3.96. The summed E-state index contributed by atoms with van der Waals surface area (Å²) in [5.41, 5.74) is 5.67. The van der Waals surface area contributed by atoms with Crippen LogP contribution in [0.4, 0.5) is 0 Å². The quantitative estimate of drug-likeness (QED) is 0.395. The maximum atomic E-state index is 5.67. The lowest BCUT2D eigenvalue weighted by molar-refractivity contribution is 0.640. The third-order valence-corrected chi connectivity index (χ3v) is 1.73. The number of guanidine groups is 1. The highest BCUT2D eigenvalue weighted by Gasteiger charge is 2.03. The summed E-state index contributed by atoms with van der Waals surface area (Å²) in [7, 11) is 0. The molecule has 0 aromatic heterocycles. The van der Waals surface area contributed by atoms with E-state index in [1.54, 1.807) is 0 Å². The molecule has 0 rings (SSSR count). The minimum absolute atomic E-state index is 0.0101. The fourth-order valence-electron chi connectivity index (χ4n) is 0.991. The van der Waals surface area contributed by atoms with E-state index in [9.17, 15) is 0 Å². The molecule has 14 heavy (non-hydrogen) atoms. The zero-order valence-electron chi connectivity index (χ0n) is 9.38. The minimum atomic E-state index is 0.0101. The molecule has 0 radical (unpaired) electrons. The molecule has 0 amide bonds. The van der Waals surface area contributed by atoms with Crippen molar-refractivity contribution in [2.75, 3.05) is 6.54 Å². The van der Waals surface area contributed by atoms with E-state index in [0.29, 0.717) is 11.9 Å². The molecule has 3 nitrogen and oxygen atoms in total. The predicted molar refractivity (Wildman–Crippen MR) is 62.0 cm³/mol. The number of nitrogens with one attached hydrogen (secondary N) is 1. The first-order valence-electron chi connectivity index (χ1n) is 5.12. The molecule has 0 spiro atoms. The molecule has 0 fully saturated rings. The maximum Gasteiger partial charge on any atom is 0.189 e. The van der Waals surface area contributed by atoms with Crippen molar-refractivity contribution in [1.29, 1.82) is 0 Å². The Morgan fingerprint density at radius 3 is 2.64 bits per heavy atom. The summed E-state index contributed by atoms with van der Waals surface area (Å²) in [5, 5.41) is 3.01. The molecule has 3 N–H and O–H groups in total. The second-order valence-corrected chi connectivity index (χ2v) is 3.77. The van der Waals surface area contributed by atoms with Gasteiger partial charge in [0.2, 0.25) is 0 Å². The highest BCUT2D eigenvalue weighted by Crippen LogP contribution is 1.95. The van der Waals surface area contributed by atoms with Gasteiger partial charge >= 0.3 is 0 Å². The number of nitrogens with zero attached hydrogens (tertiary/aromatic N) is 1. The zero-order valence-corrected chi connectivity index (χ0v) is 9.38. The van der Waals surface area contributed by atoms with Crippen LogP contribution in [0.2, 0.25) is 0 Å². The van der Waals surface area contributed by atoms with Crippen LogP contribution in [-0.4, -0.2) is 18.5 Å². The van der Waals surface area contributed by atoms with Crippen LogP contribution in [0.1, 0.15) is 33.6 Å². The summed E-state index contributed by atoms with van der Waals surface area (Å²) in [4.78, 5) is 4.18. The SMILES string of the molecule is C#CC(CCC)NC(N)=NCC(C)C. The first-order chi connectivity index (χ1) is 6.60. The van der Waals surface area contributed by atoms with Gasteiger partial charge in [-0.15, -0.1) is 6.42 Å². The van der Waals surface area contributed by atoms with E-state index in [4.69, 9.17) is 12.2 Å². The van der Waals surface area contributed by atoms with Crippen molar-refractivity contribution >= 4 is 5.96 Å². The molecule has 0 heterocycles. The molecular weight excluding hydrogens is 174 g/mol. The molecule has 0 aromatic rings. The van der Waals surface area contributed by atoms with Crippen LogP contribution in [0.3, 0.4) is 0 Å². The average molecular weight is 195 g/mol. The van der Waals surface area contributed by atoms with Crippen molar-refractivity contribution in [1.82, 2.24) is 5.32 Å². The molecular formula is C11H21N3. The van der Waals surface area contributed by atoms with Crippen LogP contribution < -0.4 is 11.1 Å². The standard InChI is InChI=1S/C11H21N3/c1-5-7-10(6-2)14-11(12)13-8-9(3)4/h2,9-10H,5,7-8H2,1,3-4H3,(H3,12,13,14). The van der Waals surface area contributed by atoms with Crippen molar-refractivity contribution in [3.8, 4) is 12.3 Å². The lowest BCUT2D eigenvalue weighted by Gasteiger charge is -2.12. The van der Waals surface area contributed by atoms with Crippen molar-refractivity contribution in [3.05, 3.63) is 0 Å². The second kappa shape index (κ2) is 7.25. The van der Waals surface area contributed by atoms with E-state index in [1.165, 1.54) is 0 Å². The Morgan fingerprint density at radius 2 is 2.21 bits per heavy atom. The molecule has 0 aliphatic carbocycles. The molecule has 0 saturated heterocycles. The Kier molecular flexibility index (Phi) is 6.65. The van der Waals surface area contributed by atoms with Crippen LogP contribution >= 0.6 is 0 Å². The largest absolute Gasteiger partial charge is 0.370 e. The van der Waals surface area contributed by atoms with Crippen LogP contribution in [0.25, 0.3) is 0 Å². The van der Waals surface area contributed by atoms with Crippen molar-refractivity contribution in [2.24, 2.45) is 16.6 Å². The first-order valence-corrected chi connectivity index (χ1v) is 5.12. The molecule has 1 atom stereocenters. The molecule has 80 valence electrons. The summed E-state index contributed by atoms with van der Waals surface area (Å²) < 4.78 is 0. The van der Waals surface area contributed by atoms with E-state index >= 15 is 0 Å². The molecule has 0 bridgehead atoms. The second-order valence-electron chi connectivity index (χ2n) is 3.77. The predicted octanol–water partition coefficient (Wildman–Crippen LogP) is 1.35. The van der Waals surface area contributed by atoms with E-state index < -0.39 is 0 Å². The van der Waals surface area contributed by atoms with Crippen molar-refractivity contribution in [2.45, 2.75) is 39.7 Å². The van der Waals surface area contributed by atoms with E-state index in [-0.39, 0.29) is 6.04 Å². The molecule has 0 aliphatic heterocycles. The average Bonchev–Trinajstić information content (AvgIpc) is 2.14. The number of terminal acetylenes is 1. The van der Waals surface area contributed by atoms with Crippen LogP contribution in [0.15, 0.2) is 4.99 Å². The van der Waals surface area contributed by atoms with Gasteiger partial charge in [-0.25, -0.2) is 0 Å². The Hall–Kier alpha value is -1.17. The van der Waals surface area contributed by atoms with Gasteiger partial charge in [-0.05, 0) is 12.3 Å². The number of aliphatic imine (C=N–C) groups is 1. The first kappa shape index (κ1) is 12.8. The summed E-state index contributed by atoms with van der Waals surface area (Å²) in [5.74, 6) is 3.62. The number of hydrogen-bond donors (Lipinski definition) is 2. The number of hydrogen-bond acceptors (Lipinski definition) is 1. The number of rotatable bonds is 5. The number of nitrogens with two attached hydrogens (primary N) is 1. The topological polar surface area (TPSA) is 50.4 Å². The fraction of sp³-hybridized carbons (Fsp3) is 0.727. The molecule has 0 aliphatic rings. The molecule has 0 saturated carbocycles. The smallest absolute Gasteiger partial charge is 0.189 e. The lowest BCUT2D eigenvalue weighted by atomic mass is 10.2. The summed E-state index contributed by atoms with van der Waals surface area (Å²) in [6.07, 6.45) is 7.31. The van der Waals surface area contributed by atoms with Gasteiger partial charge < -0.3 is 11.1 Å². The van der Waals surface area contributed by atoms with Gasteiger partial charge in [0, 0.05) is 6.54 Å².